The van der Waals surface area contributed by atoms with Crippen LogP contribution in [0, 0.1) is 0 Å². The summed E-state index contributed by atoms with van der Waals surface area (Å²) in [5.41, 5.74) is 0.469. The van der Waals surface area contributed by atoms with Gasteiger partial charge in [0.1, 0.15) is 5.82 Å². The van der Waals surface area contributed by atoms with Gasteiger partial charge in [0.15, 0.2) is 9.84 Å². The normalized spacial score (nSPS) is 16.6. The number of aromatic nitrogens is 2. The fourth-order valence-electron chi connectivity index (χ4n) is 3.36. The Labute approximate surface area is 154 Å². The van der Waals surface area contributed by atoms with Crippen LogP contribution >= 0.6 is 0 Å². The lowest BCUT2D eigenvalue weighted by molar-refractivity contribution is -0.137. The molecule has 8 heteroatoms. The van der Waals surface area contributed by atoms with E-state index in [1.54, 1.807) is 19.1 Å². The predicted molar refractivity (Wildman–Crippen MR) is 95.3 cm³/mol. The molecule has 3 aromatic rings. The van der Waals surface area contributed by atoms with Gasteiger partial charge in [-0.1, -0.05) is 25.1 Å². The Kier molecular flexibility index (Phi) is 3.89. The summed E-state index contributed by atoms with van der Waals surface area (Å²) in [6.07, 6.45) is -3.02. The zero-order chi connectivity index (χ0) is 19.4. The van der Waals surface area contributed by atoms with Crippen molar-refractivity contribution in [3.8, 4) is 0 Å². The standard InChI is InChI=1S/C19H17F3N2O2S/c1-2-27(25,26)14-6-7-15-16(11-14)24-17(23-15)18(8-9-18)12-4-3-5-13(10-12)19(20,21)22/h3-7,10-11H,2,8-9H2,1H3,(H,23,24). The maximum Gasteiger partial charge on any atom is 0.416 e. The van der Waals surface area contributed by atoms with Crippen LogP contribution in [0.5, 0.6) is 0 Å². The van der Waals surface area contributed by atoms with Gasteiger partial charge in [-0.3, -0.25) is 0 Å². The predicted octanol–water partition coefficient (Wildman–Crippen LogP) is 4.46. The first-order valence-electron chi connectivity index (χ1n) is 8.56. The van der Waals surface area contributed by atoms with Crippen molar-refractivity contribution in [3.05, 3.63) is 59.4 Å². The van der Waals surface area contributed by atoms with Crippen LogP contribution in [-0.4, -0.2) is 24.1 Å². The van der Waals surface area contributed by atoms with Gasteiger partial charge < -0.3 is 4.98 Å². The molecule has 0 spiro atoms. The Morgan fingerprint density at radius 2 is 1.89 bits per heavy atom. The van der Waals surface area contributed by atoms with E-state index in [0.717, 1.165) is 6.07 Å². The lowest BCUT2D eigenvalue weighted by Gasteiger charge is -2.15. The highest BCUT2D eigenvalue weighted by Crippen LogP contribution is 2.53. The third-order valence-electron chi connectivity index (χ3n) is 5.14. The first-order valence-corrected chi connectivity index (χ1v) is 10.2. The molecule has 142 valence electrons. The molecule has 4 rings (SSSR count). The minimum atomic E-state index is -4.40. The summed E-state index contributed by atoms with van der Waals surface area (Å²) in [5.74, 6) is 0.566. The van der Waals surface area contributed by atoms with E-state index in [2.05, 4.69) is 9.97 Å². The van der Waals surface area contributed by atoms with Crippen molar-refractivity contribution in [1.82, 2.24) is 9.97 Å². The Morgan fingerprint density at radius 3 is 2.52 bits per heavy atom. The molecule has 0 atom stereocenters. The molecule has 1 saturated carbocycles. The second-order valence-corrected chi connectivity index (χ2v) is 9.11. The molecule has 1 aliphatic rings. The van der Waals surface area contributed by atoms with E-state index < -0.39 is 27.0 Å². The van der Waals surface area contributed by atoms with Gasteiger partial charge in [0, 0.05) is 0 Å². The maximum absolute atomic E-state index is 13.1. The fraction of sp³-hybridized carbons (Fsp3) is 0.316. The molecule has 0 amide bonds. The maximum atomic E-state index is 13.1. The summed E-state index contributed by atoms with van der Waals surface area (Å²) in [6, 6.07) is 9.99. The molecule has 0 aliphatic heterocycles. The summed E-state index contributed by atoms with van der Waals surface area (Å²) >= 11 is 0. The van der Waals surface area contributed by atoms with Crippen LogP contribution in [0.15, 0.2) is 47.4 Å². The Morgan fingerprint density at radius 1 is 1.15 bits per heavy atom. The van der Waals surface area contributed by atoms with Gasteiger partial charge in [-0.25, -0.2) is 13.4 Å². The largest absolute Gasteiger partial charge is 0.416 e. The molecule has 4 nitrogen and oxygen atoms in total. The number of nitrogens with one attached hydrogen (secondary N) is 1. The molecule has 1 aliphatic carbocycles. The second-order valence-electron chi connectivity index (χ2n) is 6.83. The third kappa shape index (κ3) is 3.01. The molecular weight excluding hydrogens is 377 g/mol. The zero-order valence-corrected chi connectivity index (χ0v) is 15.3. The highest BCUT2D eigenvalue weighted by molar-refractivity contribution is 7.91. The molecule has 1 aromatic heterocycles. The van der Waals surface area contributed by atoms with Crippen molar-refractivity contribution in [3.63, 3.8) is 0 Å². The average molecular weight is 394 g/mol. The van der Waals surface area contributed by atoms with Gasteiger partial charge >= 0.3 is 6.18 Å². The molecule has 27 heavy (non-hydrogen) atoms. The van der Waals surface area contributed by atoms with Crippen LogP contribution < -0.4 is 0 Å². The average Bonchev–Trinajstić information content (AvgIpc) is 3.33. The Hall–Kier alpha value is -2.35. The van der Waals surface area contributed by atoms with E-state index >= 15 is 0 Å². The van der Waals surface area contributed by atoms with E-state index in [-0.39, 0.29) is 10.6 Å². The van der Waals surface area contributed by atoms with Crippen molar-refractivity contribution in [2.75, 3.05) is 5.75 Å². The quantitative estimate of drug-likeness (QED) is 0.711. The smallest absolute Gasteiger partial charge is 0.341 e. The first kappa shape index (κ1) is 18.0. The summed E-state index contributed by atoms with van der Waals surface area (Å²) in [6.45, 7) is 1.57. The van der Waals surface area contributed by atoms with Gasteiger partial charge in [-0.05, 0) is 42.7 Å². The van der Waals surface area contributed by atoms with Crippen LogP contribution in [-0.2, 0) is 21.4 Å². The molecule has 0 unspecified atom stereocenters. The fourth-order valence-corrected chi connectivity index (χ4v) is 4.26. The topological polar surface area (TPSA) is 62.8 Å². The lowest BCUT2D eigenvalue weighted by atomic mass is 9.93. The highest BCUT2D eigenvalue weighted by atomic mass is 32.2. The minimum Gasteiger partial charge on any atom is -0.341 e. The molecule has 1 fully saturated rings. The molecular formula is C19H17F3N2O2S. The van der Waals surface area contributed by atoms with Gasteiger partial charge in [0.25, 0.3) is 0 Å². The van der Waals surface area contributed by atoms with Crippen molar-refractivity contribution in [1.29, 1.82) is 0 Å². The number of alkyl halides is 3. The van der Waals surface area contributed by atoms with E-state index in [9.17, 15) is 21.6 Å². The van der Waals surface area contributed by atoms with Crippen LogP contribution in [0.2, 0.25) is 0 Å². The molecule has 0 saturated heterocycles. The molecule has 1 heterocycles. The van der Waals surface area contributed by atoms with Crippen LogP contribution in [0.3, 0.4) is 0 Å². The monoisotopic (exact) mass is 394 g/mol. The van der Waals surface area contributed by atoms with Crippen molar-refractivity contribution in [2.45, 2.75) is 36.3 Å². The number of aromatic amines is 1. The van der Waals surface area contributed by atoms with Gasteiger partial charge in [0.05, 0.1) is 32.7 Å². The van der Waals surface area contributed by atoms with E-state index in [1.807, 2.05) is 0 Å². The number of nitrogens with zero attached hydrogens (tertiary/aromatic N) is 1. The Balaban J connectivity index is 1.78. The number of hydrogen-bond acceptors (Lipinski definition) is 3. The number of rotatable bonds is 4. The number of imidazole rings is 1. The summed E-state index contributed by atoms with van der Waals surface area (Å²) < 4.78 is 63.3. The Bertz CT molecular complexity index is 1130. The number of sulfone groups is 1. The van der Waals surface area contributed by atoms with Gasteiger partial charge in [0.2, 0.25) is 0 Å². The SMILES string of the molecule is CCS(=O)(=O)c1ccc2nc(C3(c4cccc(C(F)(F)F)c4)CC3)[nH]c2c1. The zero-order valence-electron chi connectivity index (χ0n) is 14.5. The number of H-pyrrole nitrogens is 1. The summed E-state index contributed by atoms with van der Waals surface area (Å²) in [4.78, 5) is 7.87. The second kappa shape index (κ2) is 5.82. The number of hydrogen-bond donors (Lipinski definition) is 1. The first-order chi connectivity index (χ1) is 12.7. The highest BCUT2D eigenvalue weighted by Gasteiger charge is 2.49. The van der Waals surface area contributed by atoms with Crippen molar-refractivity contribution < 1.29 is 21.6 Å². The number of halogens is 3. The number of benzene rings is 2. The van der Waals surface area contributed by atoms with Crippen LogP contribution in [0.25, 0.3) is 11.0 Å². The van der Waals surface area contributed by atoms with Crippen LogP contribution in [0.1, 0.15) is 36.7 Å². The molecule has 2 aromatic carbocycles. The summed E-state index contributed by atoms with van der Waals surface area (Å²) in [7, 11) is -3.35. The molecule has 0 radical (unpaired) electrons. The van der Waals surface area contributed by atoms with Gasteiger partial charge in [-0.2, -0.15) is 13.2 Å². The van der Waals surface area contributed by atoms with Crippen LogP contribution in [0.4, 0.5) is 13.2 Å². The molecule has 1 N–H and O–H groups in total. The van der Waals surface area contributed by atoms with Crippen molar-refractivity contribution in [2.24, 2.45) is 0 Å². The lowest BCUT2D eigenvalue weighted by Crippen LogP contribution is -2.13. The summed E-state index contributed by atoms with van der Waals surface area (Å²) in [5, 5.41) is 0. The minimum absolute atomic E-state index is 0.00628. The van der Waals surface area contributed by atoms with Gasteiger partial charge in [-0.15, -0.1) is 0 Å². The number of fused-ring (bicyclic) bond motifs is 1. The molecule has 0 bridgehead atoms. The van der Waals surface area contributed by atoms with Crippen molar-refractivity contribution >= 4 is 20.9 Å². The van der Waals surface area contributed by atoms with E-state index in [1.165, 1.54) is 24.3 Å². The van der Waals surface area contributed by atoms with E-state index in [0.29, 0.717) is 35.3 Å². The van der Waals surface area contributed by atoms with E-state index in [4.69, 9.17) is 0 Å². The third-order valence-corrected chi connectivity index (χ3v) is 6.87.